The van der Waals surface area contributed by atoms with Crippen LogP contribution in [0.4, 0.5) is 19.0 Å². The summed E-state index contributed by atoms with van der Waals surface area (Å²) in [6.45, 7) is 1.51. The maximum absolute atomic E-state index is 12.8. The molecule has 27 heavy (non-hydrogen) atoms. The van der Waals surface area contributed by atoms with Crippen molar-refractivity contribution in [3.05, 3.63) is 40.8 Å². The van der Waals surface area contributed by atoms with E-state index in [0.29, 0.717) is 37.6 Å². The lowest BCUT2D eigenvalue weighted by molar-refractivity contribution is -0.142. The number of aromatic nitrogens is 6. The first-order valence-corrected chi connectivity index (χ1v) is 8.46. The number of nitrogens with zero attached hydrogens (tertiary/aromatic N) is 6. The SMILES string of the molecule is O=c1ccc(C(F)(F)F)nn1CC1CCN(c2ncnc3nc[nH]c23)CC1. The highest BCUT2D eigenvalue weighted by Crippen LogP contribution is 2.28. The second-order valence-corrected chi connectivity index (χ2v) is 6.47. The Labute approximate surface area is 151 Å². The van der Waals surface area contributed by atoms with Crippen LogP contribution < -0.4 is 10.5 Å². The molecule has 3 aromatic rings. The number of anilines is 1. The Kier molecular flexibility index (Phi) is 4.28. The molecule has 0 radical (unpaired) electrons. The highest BCUT2D eigenvalue weighted by molar-refractivity contribution is 5.82. The molecule has 142 valence electrons. The van der Waals surface area contributed by atoms with Gasteiger partial charge in [0.1, 0.15) is 11.8 Å². The topological polar surface area (TPSA) is 92.6 Å². The fourth-order valence-corrected chi connectivity index (χ4v) is 3.29. The van der Waals surface area contributed by atoms with E-state index in [9.17, 15) is 18.0 Å². The maximum atomic E-state index is 12.8. The number of H-pyrrole nitrogens is 1. The molecule has 1 N–H and O–H groups in total. The zero-order chi connectivity index (χ0) is 19.0. The van der Waals surface area contributed by atoms with Crippen molar-refractivity contribution in [1.29, 1.82) is 0 Å². The highest BCUT2D eigenvalue weighted by atomic mass is 19.4. The third kappa shape index (κ3) is 3.49. The van der Waals surface area contributed by atoms with Crippen LogP contribution in [-0.4, -0.2) is 42.8 Å². The van der Waals surface area contributed by atoms with E-state index < -0.39 is 17.4 Å². The minimum atomic E-state index is -4.57. The van der Waals surface area contributed by atoms with Crippen LogP contribution in [0.15, 0.2) is 29.6 Å². The summed E-state index contributed by atoms with van der Waals surface area (Å²) in [5, 5.41) is 3.48. The van der Waals surface area contributed by atoms with Crippen molar-refractivity contribution in [3.8, 4) is 0 Å². The first-order valence-electron chi connectivity index (χ1n) is 8.46. The summed E-state index contributed by atoms with van der Waals surface area (Å²) in [6.07, 6.45) is -0.132. The van der Waals surface area contributed by atoms with Gasteiger partial charge >= 0.3 is 6.18 Å². The van der Waals surface area contributed by atoms with E-state index in [-0.39, 0.29) is 12.5 Å². The van der Waals surface area contributed by atoms with Crippen LogP contribution in [0, 0.1) is 5.92 Å². The van der Waals surface area contributed by atoms with Gasteiger partial charge in [0.2, 0.25) is 0 Å². The summed E-state index contributed by atoms with van der Waals surface area (Å²) < 4.78 is 39.4. The van der Waals surface area contributed by atoms with E-state index in [1.807, 2.05) is 0 Å². The molecule has 0 bridgehead atoms. The molecular weight excluding hydrogens is 363 g/mol. The van der Waals surface area contributed by atoms with Crippen molar-refractivity contribution >= 4 is 17.0 Å². The first-order chi connectivity index (χ1) is 12.9. The number of imidazole rings is 1. The van der Waals surface area contributed by atoms with Gasteiger partial charge in [-0.3, -0.25) is 4.79 Å². The van der Waals surface area contributed by atoms with Gasteiger partial charge in [0.25, 0.3) is 5.56 Å². The van der Waals surface area contributed by atoms with Gasteiger partial charge < -0.3 is 9.88 Å². The monoisotopic (exact) mass is 379 g/mol. The summed E-state index contributed by atoms with van der Waals surface area (Å²) in [5.74, 6) is 0.819. The lowest BCUT2D eigenvalue weighted by atomic mass is 9.97. The Bertz CT molecular complexity index is 1000. The van der Waals surface area contributed by atoms with Crippen LogP contribution in [0.1, 0.15) is 18.5 Å². The number of alkyl halides is 3. The molecule has 1 saturated heterocycles. The van der Waals surface area contributed by atoms with Gasteiger partial charge in [-0.25, -0.2) is 19.6 Å². The van der Waals surface area contributed by atoms with Gasteiger partial charge in [0.15, 0.2) is 17.2 Å². The van der Waals surface area contributed by atoms with Gasteiger partial charge in [-0.05, 0) is 24.8 Å². The maximum Gasteiger partial charge on any atom is 0.435 e. The van der Waals surface area contributed by atoms with Gasteiger partial charge in [0, 0.05) is 25.7 Å². The fourth-order valence-electron chi connectivity index (χ4n) is 3.29. The minimum absolute atomic E-state index is 0.0639. The van der Waals surface area contributed by atoms with Crippen LogP contribution in [0.25, 0.3) is 11.2 Å². The number of hydrogen-bond donors (Lipinski definition) is 1. The molecule has 0 amide bonds. The van der Waals surface area contributed by atoms with Crippen molar-refractivity contribution in [1.82, 2.24) is 29.7 Å². The average Bonchev–Trinajstić information content (AvgIpc) is 3.12. The molecule has 0 spiro atoms. The molecule has 4 heterocycles. The first kappa shape index (κ1) is 17.4. The molecule has 0 aromatic carbocycles. The number of rotatable bonds is 3. The molecule has 4 rings (SSSR count). The van der Waals surface area contributed by atoms with E-state index in [4.69, 9.17) is 0 Å². The van der Waals surface area contributed by atoms with Crippen molar-refractivity contribution < 1.29 is 13.2 Å². The Morgan fingerprint density at radius 1 is 1.15 bits per heavy atom. The van der Waals surface area contributed by atoms with Crippen LogP contribution >= 0.6 is 0 Å². The van der Waals surface area contributed by atoms with E-state index in [1.165, 1.54) is 6.33 Å². The van der Waals surface area contributed by atoms with E-state index in [2.05, 4.69) is 29.9 Å². The number of hydrogen-bond acceptors (Lipinski definition) is 6. The van der Waals surface area contributed by atoms with Gasteiger partial charge in [-0.2, -0.15) is 18.3 Å². The normalized spacial score (nSPS) is 16.2. The Morgan fingerprint density at radius 2 is 1.93 bits per heavy atom. The fraction of sp³-hybridized carbons (Fsp3) is 0.438. The number of halogens is 3. The van der Waals surface area contributed by atoms with Crippen molar-refractivity contribution in [2.45, 2.75) is 25.6 Å². The summed E-state index contributed by atoms with van der Waals surface area (Å²) in [5.41, 5.74) is -0.240. The molecule has 0 aliphatic carbocycles. The second kappa shape index (κ2) is 6.63. The number of nitrogens with one attached hydrogen (secondary N) is 1. The largest absolute Gasteiger partial charge is 0.435 e. The molecule has 0 saturated carbocycles. The smallest absolute Gasteiger partial charge is 0.355 e. The number of fused-ring (bicyclic) bond motifs is 1. The molecular formula is C16H16F3N7O. The summed E-state index contributed by atoms with van der Waals surface area (Å²) >= 11 is 0. The third-order valence-electron chi connectivity index (χ3n) is 4.71. The summed E-state index contributed by atoms with van der Waals surface area (Å²) in [7, 11) is 0. The average molecular weight is 379 g/mol. The van der Waals surface area contributed by atoms with E-state index >= 15 is 0 Å². The molecule has 1 fully saturated rings. The summed E-state index contributed by atoms with van der Waals surface area (Å²) in [6, 6.07) is 1.63. The quantitative estimate of drug-likeness (QED) is 0.747. The molecule has 8 nitrogen and oxygen atoms in total. The molecule has 1 aliphatic heterocycles. The van der Waals surface area contributed by atoms with Crippen LogP contribution in [-0.2, 0) is 12.7 Å². The highest BCUT2D eigenvalue weighted by Gasteiger charge is 2.33. The van der Waals surface area contributed by atoms with Crippen LogP contribution in [0.5, 0.6) is 0 Å². The van der Waals surface area contributed by atoms with Crippen molar-refractivity contribution in [3.63, 3.8) is 0 Å². The summed E-state index contributed by atoms with van der Waals surface area (Å²) in [4.78, 5) is 29.5. The van der Waals surface area contributed by atoms with Crippen LogP contribution in [0.2, 0.25) is 0 Å². The molecule has 0 atom stereocenters. The predicted molar refractivity (Wildman–Crippen MR) is 90.1 cm³/mol. The minimum Gasteiger partial charge on any atom is -0.355 e. The third-order valence-corrected chi connectivity index (χ3v) is 4.71. The van der Waals surface area contributed by atoms with Crippen LogP contribution in [0.3, 0.4) is 0 Å². The molecule has 0 unspecified atom stereocenters. The molecule has 11 heteroatoms. The van der Waals surface area contributed by atoms with E-state index in [1.54, 1.807) is 6.33 Å². The number of aromatic amines is 1. The zero-order valence-electron chi connectivity index (χ0n) is 14.1. The van der Waals surface area contributed by atoms with Crippen molar-refractivity contribution in [2.24, 2.45) is 5.92 Å². The Morgan fingerprint density at radius 3 is 2.67 bits per heavy atom. The number of piperidine rings is 1. The van der Waals surface area contributed by atoms with Crippen molar-refractivity contribution in [2.75, 3.05) is 18.0 Å². The second-order valence-electron chi connectivity index (χ2n) is 6.47. The molecule has 1 aliphatic rings. The standard InChI is InChI=1S/C16H16F3N7O/c17-16(18,19)11-1-2-12(27)26(24-11)7-10-3-5-25(6-4-10)15-13-14(21-8-20-13)22-9-23-15/h1-2,8-10H,3-7H2,(H,20,21,22,23). The molecule has 3 aromatic heterocycles. The lowest BCUT2D eigenvalue weighted by Gasteiger charge is -2.32. The lowest BCUT2D eigenvalue weighted by Crippen LogP contribution is -2.37. The zero-order valence-corrected chi connectivity index (χ0v) is 14.1. The Hall–Kier alpha value is -2.98. The Balaban J connectivity index is 1.46. The van der Waals surface area contributed by atoms with Gasteiger partial charge in [-0.1, -0.05) is 0 Å². The van der Waals surface area contributed by atoms with Gasteiger partial charge in [0.05, 0.1) is 6.33 Å². The van der Waals surface area contributed by atoms with E-state index in [0.717, 1.165) is 22.1 Å². The predicted octanol–water partition coefficient (Wildman–Crippen LogP) is 1.84. The van der Waals surface area contributed by atoms with Gasteiger partial charge in [-0.15, -0.1) is 0 Å².